The molecule has 2 atom stereocenters. The Labute approximate surface area is 185 Å². The van der Waals surface area contributed by atoms with Crippen LogP contribution in [0.2, 0.25) is 0 Å². The molecular weight excluding hydrogens is 396 g/mol. The van der Waals surface area contributed by atoms with Crippen molar-refractivity contribution in [2.75, 3.05) is 47.0 Å². The van der Waals surface area contributed by atoms with Crippen LogP contribution in [-0.2, 0) is 20.8 Å². The Kier molecular flexibility index (Phi) is 8.97. The first kappa shape index (κ1) is 23.3. The molecule has 8 heteroatoms. The van der Waals surface area contributed by atoms with E-state index >= 15 is 0 Å². The largest absolute Gasteiger partial charge is 0.488 e. The quantitative estimate of drug-likeness (QED) is 0.482. The molecule has 2 saturated heterocycles. The van der Waals surface area contributed by atoms with Gasteiger partial charge in [0.25, 0.3) is 0 Å². The van der Waals surface area contributed by atoms with Gasteiger partial charge in [-0.15, -0.1) is 0 Å². The highest BCUT2D eigenvalue weighted by Crippen LogP contribution is 2.24. The summed E-state index contributed by atoms with van der Waals surface area (Å²) in [6.45, 7) is 5.51. The lowest BCUT2D eigenvalue weighted by Crippen LogP contribution is -2.45. The maximum Gasteiger partial charge on any atom is 0.241 e. The third kappa shape index (κ3) is 7.70. The first-order valence-electron chi connectivity index (χ1n) is 11.2. The summed E-state index contributed by atoms with van der Waals surface area (Å²) >= 11 is 0. The van der Waals surface area contributed by atoms with E-state index in [1.165, 1.54) is 6.42 Å². The van der Waals surface area contributed by atoms with Crippen molar-refractivity contribution in [3.63, 3.8) is 0 Å². The number of carbonyl (C=O) groups excluding carboxylic acids is 1. The van der Waals surface area contributed by atoms with Crippen molar-refractivity contribution in [2.45, 2.75) is 51.4 Å². The van der Waals surface area contributed by atoms with Gasteiger partial charge >= 0.3 is 0 Å². The summed E-state index contributed by atoms with van der Waals surface area (Å²) in [4.78, 5) is 18.3. The van der Waals surface area contributed by atoms with Crippen LogP contribution in [0.25, 0.3) is 0 Å². The molecule has 0 saturated carbocycles. The van der Waals surface area contributed by atoms with Crippen molar-refractivity contribution in [2.24, 2.45) is 4.99 Å². The minimum absolute atomic E-state index is 0.0102. The molecular formula is C23H36N4O4. The average molecular weight is 433 g/mol. The molecule has 1 amide bonds. The fourth-order valence-electron chi connectivity index (χ4n) is 3.52. The number of aliphatic imine (C=N–C) groups is 1. The van der Waals surface area contributed by atoms with E-state index in [1.807, 2.05) is 0 Å². The summed E-state index contributed by atoms with van der Waals surface area (Å²) in [7, 11) is 3.49. The zero-order valence-corrected chi connectivity index (χ0v) is 19.0. The van der Waals surface area contributed by atoms with Gasteiger partial charge in [0.05, 0.1) is 32.4 Å². The normalized spacial score (nSPS) is 21.6. The zero-order chi connectivity index (χ0) is 22.1. The van der Waals surface area contributed by atoms with Crippen molar-refractivity contribution in [3.05, 3.63) is 29.3 Å². The van der Waals surface area contributed by atoms with Crippen molar-refractivity contribution in [3.8, 4) is 5.75 Å². The number of benzene rings is 1. The van der Waals surface area contributed by atoms with E-state index in [2.05, 4.69) is 35.8 Å². The molecule has 2 heterocycles. The SMILES string of the molecule is Cc1ccc(CN=C(NCC(=O)N(C)C)NCC2CCCCO2)c(OC2CCOC2)c1. The standard InChI is InChI=1S/C23H36N4O4/c1-17-7-8-18(21(12-17)31-20-9-11-29-16-20)13-24-23(26-15-22(28)27(2)3)25-14-19-6-4-5-10-30-19/h7-8,12,19-20H,4-6,9-11,13-16H2,1-3H3,(H2,24,25,26). The van der Waals surface area contributed by atoms with Crippen LogP contribution in [0.15, 0.2) is 23.2 Å². The molecule has 2 N–H and O–H groups in total. The molecule has 0 bridgehead atoms. The smallest absolute Gasteiger partial charge is 0.241 e. The fourth-order valence-corrected chi connectivity index (χ4v) is 3.52. The number of carbonyl (C=O) groups is 1. The monoisotopic (exact) mass is 432 g/mol. The first-order chi connectivity index (χ1) is 15.0. The number of amides is 1. The Morgan fingerprint density at radius 3 is 2.81 bits per heavy atom. The van der Waals surface area contributed by atoms with Gasteiger partial charge in [-0.05, 0) is 37.8 Å². The van der Waals surface area contributed by atoms with Crippen LogP contribution in [0, 0.1) is 6.92 Å². The Balaban J connectivity index is 1.66. The lowest BCUT2D eigenvalue weighted by molar-refractivity contribution is -0.127. The highest BCUT2D eigenvalue weighted by Gasteiger charge is 2.19. The number of hydrogen-bond acceptors (Lipinski definition) is 5. The zero-order valence-electron chi connectivity index (χ0n) is 19.0. The van der Waals surface area contributed by atoms with Gasteiger partial charge in [-0.1, -0.05) is 12.1 Å². The van der Waals surface area contributed by atoms with Crippen LogP contribution in [0.4, 0.5) is 0 Å². The van der Waals surface area contributed by atoms with Crippen LogP contribution in [0.1, 0.15) is 36.8 Å². The number of nitrogens with zero attached hydrogens (tertiary/aromatic N) is 2. The van der Waals surface area contributed by atoms with Crippen molar-refractivity contribution >= 4 is 11.9 Å². The van der Waals surface area contributed by atoms with E-state index in [9.17, 15) is 4.79 Å². The number of hydrogen-bond donors (Lipinski definition) is 2. The van der Waals surface area contributed by atoms with E-state index in [-0.39, 0.29) is 24.7 Å². The van der Waals surface area contributed by atoms with Crippen LogP contribution in [0.5, 0.6) is 5.75 Å². The van der Waals surface area contributed by atoms with Crippen LogP contribution in [0.3, 0.4) is 0 Å². The molecule has 0 aromatic heterocycles. The molecule has 0 radical (unpaired) electrons. The molecule has 1 aromatic carbocycles. The molecule has 2 aliphatic rings. The second-order valence-corrected chi connectivity index (χ2v) is 8.39. The molecule has 31 heavy (non-hydrogen) atoms. The van der Waals surface area contributed by atoms with Crippen LogP contribution < -0.4 is 15.4 Å². The summed E-state index contributed by atoms with van der Waals surface area (Å²) < 4.78 is 17.4. The number of nitrogens with one attached hydrogen (secondary N) is 2. The Morgan fingerprint density at radius 2 is 2.10 bits per heavy atom. The van der Waals surface area contributed by atoms with E-state index < -0.39 is 0 Å². The van der Waals surface area contributed by atoms with E-state index in [0.717, 1.165) is 49.4 Å². The van der Waals surface area contributed by atoms with Gasteiger partial charge in [0.15, 0.2) is 5.96 Å². The summed E-state index contributed by atoms with van der Waals surface area (Å²) in [5.74, 6) is 1.43. The second kappa shape index (κ2) is 11.9. The fraction of sp³-hybridized carbons (Fsp3) is 0.652. The summed E-state index contributed by atoms with van der Waals surface area (Å²) in [5, 5.41) is 6.49. The molecule has 2 aliphatic heterocycles. The number of likely N-dealkylation sites (N-methyl/N-ethyl adjacent to an activating group) is 1. The number of aryl methyl sites for hydroxylation is 1. The van der Waals surface area contributed by atoms with Crippen LogP contribution in [-0.4, -0.2) is 76.0 Å². The summed E-state index contributed by atoms with van der Waals surface area (Å²) in [6, 6.07) is 6.17. The molecule has 2 fully saturated rings. The van der Waals surface area contributed by atoms with Crippen molar-refractivity contribution < 1.29 is 19.0 Å². The molecule has 0 spiro atoms. The number of rotatable bonds is 8. The highest BCUT2D eigenvalue weighted by atomic mass is 16.5. The predicted molar refractivity (Wildman–Crippen MR) is 120 cm³/mol. The van der Waals surface area contributed by atoms with E-state index in [1.54, 1.807) is 19.0 Å². The molecule has 2 unspecified atom stereocenters. The lowest BCUT2D eigenvalue weighted by Gasteiger charge is -2.24. The first-order valence-corrected chi connectivity index (χ1v) is 11.2. The topological polar surface area (TPSA) is 84.4 Å². The van der Waals surface area contributed by atoms with Gasteiger partial charge in [0.2, 0.25) is 5.91 Å². The van der Waals surface area contributed by atoms with Crippen molar-refractivity contribution in [1.29, 1.82) is 0 Å². The summed E-state index contributed by atoms with van der Waals surface area (Å²) in [6.07, 6.45) is 4.50. The molecule has 3 rings (SSSR count). The predicted octanol–water partition coefficient (Wildman–Crippen LogP) is 1.86. The maximum absolute atomic E-state index is 12.0. The Morgan fingerprint density at radius 1 is 1.23 bits per heavy atom. The minimum atomic E-state index is -0.0102. The number of guanidine groups is 1. The Bertz CT molecular complexity index is 741. The van der Waals surface area contributed by atoms with Crippen LogP contribution >= 0.6 is 0 Å². The molecule has 1 aromatic rings. The Hall–Kier alpha value is -2.32. The van der Waals surface area contributed by atoms with E-state index in [4.69, 9.17) is 19.2 Å². The minimum Gasteiger partial charge on any atom is -0.488 e. The van der Waals surface area contributed by atoms with Gasteiger partial charge in [0, 0.05) is 39.2 Å². The summed E-state index contributed by atoms with van der Waals surface area (Å²) in [5.41, 5.74) is 2.15. The molecule has 8 nitrogen and oxygen atoms in total. The third-order valence-corrected chi connectivity index (χ3v) is 5.49. The third-order valence-electron chi connectivity index (χ3n) is 5.49. The second-order valence-electron chi connectivity index (χ2n) is 8.39. The number of ether oxygens (including phenoxy) is 3. The van der Waals surface area contributed by atoms with Gasteiger partial charge in [-0.3, -0.25) is 4.79 Å². The molecule has 172 valence electrons. The van der Waals surface area contributed by atoms with Gasteiger partial charge in [0.1, 0.15) is 11.9 Å². The van der Waals surface area contributed by atoms with Gasteiger partial charge in [-0.25, -0.2) is 4.99 Å². The maximum atomic E-state index is 12.0. The van der Waals surface area contributed by atoms with E-state index in [0.29, 0.717) is 25.7 Å². The van der Waals surface area contributed by atoms with Crippen molar-refractivity contribution in [1.82, 2.24) is 15.5 Å². The van der Waals surface area contributed by atoms with Gasteiger partial charge < -0.3 is 29.7 Å². The van der Waals surface area contributed by atoms with Gasteiger partial charge in [-0.2, -0.15) is 0 Å². The lowest BCUT2D eigenvalue weighted by atomic mass is 10.1. The average Bonchev–Trinajstić information content (AvgIpc) is 3.27. The highest BCUT2D eigenvalue weighted by molar-refractivity contribution is 5.86. The molecule has 0 aliphatic carbocycles.